The summed E-state index contributed by atoms with van der Waals surface area (Å²) in [6, 6.07) is 0. The number of piperidine rings is 1. The largest absolute Gasteiger partial charge is 0.303 e. The van der Waals surface area contributed by atoms with Crippen LogP contribution in [0.25, 0.3) is 0 Å². The Morgan fingerprint density at radius 3 is 1.94 bits per heavy atom. The highest BCUT2D eigenvalue weighted by Crippen LogP contribution is 2.38. The van der Waals surface area contributed by atoms with E-state index < -0.39 is 0 Å². The summed E-state index contributed by atoms with van der Waals surface area (Å²) < 4.78 is 0. The van der Waals surface area contributed by atoms with Gasteiger partial charge < -0.3 is 4.90 Å². The fourth-order valence-corrected chi connectivity index (χ4v) is 4.03. The van der Waals surface area contributed by atoms with Gasteiger partial charge in [-0.15, -0.1) is 0 Å². The third-order valence-electron chi connectivity index (χ3n) is 5.57. The zero-order valence-corrected chi connectivity index (χ0v) is 11.5. The summed E-state index contributed by atoms with van der Waals surface area (Å²) in [5, 5.41) is 0. The molecule has 2 saturated carbocycles. The zero-order chi connectivity index (χ0) is 11.7. The fourth-order valence-electron chi connectivity index (χ4n) is 4.03. The van der Waals surface area contributed by atoms with E-state index in [1.807, 2.05) is 0 Å². The van der Waals surface area contributed by atoms with Crippen LogP contribution in [0.2, 0.25) is 0 Å². The van der Waals surface area contributed by atoms with Crippen molar-refractivity contribution < 1.29 is 0 Å². The van der Waals surface area contributed by atoms with Gasteiger partial charge in [0.25, 0.3) is 0 Å². The first kappa shape index (κ1) is 12.0. The molecule has 17 heavy (non-hydrogen) atoms. The zero-order valence-electron chi connectivity index (χ0n) is 11.5. The average molecular weight is 235 g/mol. The summed E-state index contributed by atoms with van der Waals surface area (Å²) in [5.41, 5.74) is 0. The van der Waals surface area contributed by atoms with E-state index in [0.29, 0.717) is 0 Å². The number of likely N-dealkylation sites (tertiary alicyclic amines) is 1. The maximum Gasteiger partial charge on any atom is 0.000966 e. The molecule has 2 aliphatic carbocycles. The highest BCUT2D eigenvalue weighted by atomic mass is 15.1. The van der Waals surface area contributed by atoms with Crippen LogP contribution in [-0.2, 0) is 0 Å². The van der Waals surface area contributed by atoms with Crippen molar-refractivity contribution in [2.75, 3.05) is 19.6 Å². The highest BCUT2D eigenvalue weighted by molar-refractivity contribution is 4.84. The normalized spacial score (nSPS) is 37.2. The van der Waals surface area contributed by atoms with Gasteiger partial charge in [0.05, 0.1) is 0 Å². The van der Waals surface area contributed by atoms with Gasteiger partial charge in [0.1, 0.15) is 0 Å². The van der Waals surface area contributed by atoms with Crippen LogP contribution >= 0.6 is 0 Å². The van der Waals surface area contributed by atoms with E-state index in [2.05, 4.69) is 11.8 Å². The lowest BCUT2D eigenvalue weighted by Gasteiger charge is -2.38. The molecule has 0 N–H and O–H groups in total. The van der Waals surface area contributed by atoms with Gasteiger partial charge in [-0.3, -0.25) is 0 Å². The van der Waals surface area contributed by atoms with Crippen molar-refractivity contribution in [3.05, 3.63) is 0 Å². The number of hydrogen-bond acceptors (Lipinski definition) is 1. The second kappa shape index (κ2) is 5.30. The van der Waals surface area contributed by atoms with E-state index in [1.165, 1.54) is 71.0 Å². The summed E-state index contributed by atoms with van der Waals surface area (Å²) in [6.07, 6.45) is 12.1. The Morgan fingerprint density at radius 2 is 1.35 bits per heavy atom. The smallest absolute Gasteiger partial charge is 0.000966 e. The summed E-state index contributed by atoms with van der Waals surface area (Å²) in [7, 11) is 0. The lowest BCUT2D eigenvalue weighted by atomic mass is 9.73. The van der Waals surface area contributed by atoms with Crippen molar-refractivity contribution in [2.24, 2.45) is 23.7 Å². The molecule has 3 rings (SSSR count). The van der Waals surface area contributed by atoms with Crippen LogP contribution < -0.4 is 0 Å². The molecule has 1 heterocycles. The monoisotopic (exact) mass is 235 g/mol. The summed E-state index contributed by atoms with van der Waals surface area (Å²) in [6.45, 7) is 6.68. The summed E-state index contributed by atoms with van der Waals surface area (Å²) in [4.78, 5) is 2.75. The van der Waals surface area contributed by atoms with Crippen LogP contribution in [-0.4, -0.2) is 24.5 Å². The van der Waals surface area contributed by atoms with Gasteiger partial charge in [0.15, 0.2) is 0 Å². The maximum absolute atomic E-state index is 2.75. The van der Waals surface area contributed by atoms with Crippen molar-refractivity contribution in [2.45, 2.75) is 58.3 Å². The van der Waals surface area contributed by atoms with E-state index in [9.17, 15) is 0 Å². The lowest BCUT2D eigenvalue weighted by Crippen LogP contribution is -2.37. The fraction of sp³-hybridized carbons (Fsp3) is 1.00. The van der Waals surface area contributed by atoms with Crippen LogP contribution in [0.5, 0.6) is 0 Å². The second-order valence-electron chi connectivity index (χ2n) is 7.10. The third kappa shape index (κ3) is 3.24. The van der Waals surface area contributed by atoms with Crippen molar-refractivity contribution in [1.29, 1.82) is 0 Å². The molecule has 3 fully saturated rings. The van der Waals surface area contributed by atoms with Gasteiger partial charge in [-0.1, -0.05) is 19.8 Å². The van der Waals surface area contributed by atoms with Crippen LogP contribution in [0.4, 0.5) is 0 Å². The first-order chi connectivity index (χ1) is 8.31. The van der Waals surface area contributed by atoms with Crippen molar-refractivity contribution in [3.63, 3.8) is 0 Å². The summed E-state index contributed by atoms with van der Waals surface area (Å²) in [5.74, 6) is 4.27. The Kier molecular flexibility index (Phi) is 3.75. The average Bonchev–Trinajstić information content (AvgIpc) is 3.15. The molecule has 0 spiro atoms. The Labute approximate surface area is 107 Å². The summed E-state index contributed by atoms with van der Waals surface area (Å²) >= 11 is 0. The third-order valence-corrected chi connectivity index (χ3v) is 5.57. The minimum atomic E-state index is 1.02. The van der Waals surface area contributed by atoms with Crippen molar-refractivity contribution in [3.8, 4) is 0 Å². The molecule has 0 aromatic rings. The molecule has 1 heteroatoms. The predicted molar refractivity (Wildman–Crippen MR) is 73.0 cm³/mol. The molecular weight excluding hydrogens is 206 g/mol. The molecule has 0 bridgehead atoms. The van der Waals surface area contributed by atoms with E-state index in [-0.39, 0.29) is 0 Å². The van der Waals surface area contributed by atoms with Gasteiger partial charge in [-0.25, -0.2) is 0 Å². The Bertz CT molecular complexity index is 230. The van der Waals surface area contributed by atoms with Gasteiger partial charge in [0.2, 0.25) is 0 Å². The Hall–Kier alpha value is -0.0400. The van der Waals surface area contributed by atoms with Gasteiger partial charge >= 0.3 is 0 Å². The molecule has 0 radical (unpaired) electrons. The molecule has 0 unspecified atom stereocenters. The van der Waals surface area contributed by atoms with Crippen LogP contribution in [0.15, 0.2) is 0 Å². The van der Waals surface area contributed by atoms with E-state index in [0.717, 1.165) is 23.7 Å². The minimum Gasteiger partial charge on any atom is -0.303 e. The first-order valence-corrected chi connectivity index (χ1v) is 8.03. The predicted octanol–water partition coefficient (Wildman–Crippen LogP) is 3.93. The molecule has 1 aliphatic heterocycles. The molecule has 0 aromatic carbocycles. The van der Waals surface area contributed by atoms with Gasteiger partial charge in [-0.2, -0.15) is 0 Å². The molecule has 98 valence electrons. The topological polar surface area (TPSA) is 3.24 Å². The Balaban J connectivity index is 1.41. The number of hydrogen-bond donors (Lipinski definition) is 0. The standard InChI is InChI=1S/C16H29N/c1-13-2-6-15(7-3-13)16-8-10-17(11-9-16)12-14-4-5-14/h13-16H,2-12H2,1H3/t13-,15-. The maximum atomic E-state index is 2.75. The van der Waals surface area contributed by atoms with Gasteiger partial charge in [0, 0.05) is 6.54 Å². The van der Waals surface area contributed by atoms with Crippen LogP contribution in [0.1, 0.15) is 58.3 Å². The lowest BCUT2D eigenvalue weighted by molar-refractivity contribution is 0.115. The number of rotatable bonds is 3. The first-order valence-electron chi connectivity index (χ1n) is 8.03. The van der Waals surface area contributed by atoms with Gasteiger partial charge in [-0.05, 0) is 75.3 Å². The van der Waals surface area contributed by atoms with E-state index >= 15 is 0 Å². The van der Waals surface area contributed by atoms with E-state index in [1.54, 1.807) is 0 Å². The Morgan fingerprint density at radius 1 is 0.765 bits per heavy atom. The molecule has 0 atom stereocenters. The SMILES string of the molecule is C[C@H]1CC[C@H](C2CCN(CC3CC3)CC2)CC1. The highest BCUT2D eigenvalue weighted by Gasteiger charge is 2.31. The minimum absolute atomic E-state index is 1.02. The van der Waals surface area contributed by atoms with Crippen molar-refractivity contribution >= 4 is 0 Å². The second-order valence-corrected chi connectivity index (χ2v) is 7.10. The molecule has 0 amide bonds. The van der Waals surface area contributed by atoms with Crippen molar-refractivity contribution in [1.82, 2.24) is 4.90 Å². The molecule has 0 aromatic heterocycles. The van der Waals surface area contributed by atoms with Crippen LogP contribution in [0.3, 0.4) is 0 Å². The number of nitrogens with zero attached hydrogens (tertiary/aromatic N) is 1. The molecule has 3 aliphatic rings. The quantitative estimate of drug-likeness (QED) is 0.716. The van der Waals surface area contributed by atoms with E-state index in [4.69, 9.17) is 0 Å². The van der Waals surface area contributed by atoms with Crippen LogP contribution in [0, 0.1) is 23.7 Å². The molecule has 1 saturated heterocycles. The molecular formula is C16H29N. The molecule has 1 nitrogen and oxygen atoms in total.